The van der Waals surface area contributed by atoms with Gasteiger partial charge in [0, 0.05) is 0 Å². The van der Waals surface area contributed by atoms with Gasteiger partial charge in [0.1, 0.15) is 0 Å². The Labute approximate surface area is 130 Å². The van der Waals surface area contributed by atoms with Crippen LogP contribution in [0.25, 0.3) is 0 Å². The largest absolute Gasteiger partial charge is 0.0715 e. The van der Waals surface area contributed by atoms with Gasteiger partial charge in [-0.15, -0.1) is 0 Å². The molecule has 112 valence electrons. The van der Waals surface area contributed by atoms with Gasteiger partial charge < -0.3 is 0 Å². The van der Waals surface area contributed by atoms with Crippen molar-refractivity contribution in [3.05, 3.63) is 58.5 Å². The van der Waals surface area contributed by atoms with Crippen molar-refractivity contribution < 1.29 is 0 Å². The molecule has 0 atom stereocenters. The van der Waals surface area contributed by atoms with Crippen LogP contribution in [0, 0.1) is 0 Å². The van der Waals surface area contributed by atoms with E-state index in [2.05, 4.69) is 48.7 Å². The number of hydrogen-bond acceptors (Lipinski definition) is 0. The number of benzene rings is 1. The lowest BCUT2D eigenvalue weighted by molar-refractivity contribution is 0.600. The van der Waals surface area contributed by atoms with Gasteiger partial charge in [-0.25, -0.2) is 0 Å². The molecule has 1 aromatic carbocycles. The lowest BCUT2D eigenvalue weighted by atomic mass is 9.96. The van der Waals surface area contributed by atoms with Gasteiger partial charge in [0.25, 0.3) is 0 Å². The first-order valence-corrected chi connectivity index (χ1v) is 8.57. The number of unbranched alkanes of at least 4 members (excludes halogenated alkanes) is 2. The van der Waals surface area contributed by atoms with Gasteiger partial charge in [0.05, 0.1) is 0 Å². The molecule has 0 heteroatoms. The zero-order valence-corrected chi connectivity index (χ0v) is 13.5. The molecule has 0 aliphatic heterocycles. The van der Waals surface area contributed by atoms with Gasteiger partial charge >= 0.3 is 0 Å². The van der Waals surface area contributed by atoms with E-state index in [9.17, 15) is 0 Å². The van der Waals surface area contributed by atoms with Gasteiger partial charge in [-0.3, -0.25) is 0 Å². The summed E-state index contributed by atoms with van der Waals surface area (Å²) < 4.78 is 0. The summed E-state index contributed by atoms with van der Waals surface area (Å²) in [5, 5.41) is 0. The van der Waals surface area contributed by atoms with E-state index < -0.39 is 0 Å². The molecule has 0 heterocycles. The molecule has 0 amide bonds. The number of rotatable bonds is 6. The fourth-order valence-electron chi connectivity index (χ4n) is 2.90. The first-order chi connectivity index (χ1) is 10.3. The molecule has 0 nitrogen and oxygen atoms in total. The molecule has 1 aliphatic carbocycles. The number of hydrogen-bond donors (Lipinski definition) is 0. The Kier molecular flexibility index (Phi) is 7.16. The molecule has 0 spiro atoms. The summed E-state index contributed by atoms with van der Waals surface area (Å²) in [6.45, 7) is 2.20. The van der Waals surface area contributed by atoms with Crippen LogP contribution in [0.15, 0.2) is 52.9 Å². The third-order valence-electron chi connectivity index (χ3n) is 4.27. The molecule has 1 saturated carbocycles. The highest BCUT2D eigenvalue weighted by Crippen LogP contribution is 2.21. The summed E-state index contributed by atoms with van der Waals surface area (Å²) in [6.07, 6.45) is 12.9. The maximum absolute atomic E-state index is 3.42. The average molecular weight is 280 g/mol. The van der Waals surface area contributed by atoms with E-state index in [1.165, 1.54) is 80.9 Å². The Morgan fingerprint density at radius 1 is 0.952 bits per heavy atom. The van der Waals surface area contributed by atoms with Crippen LogP contribution in [-0.4, -0.2) is 0 Å². The zero-order chi connectivity index (χ0) is 14.8. The normalized spacial score (nSPS) is 14.4. The van der Waals surface area contributed by atoms with Gasteiger partial charge in [0.2, 0.25) is 0 Å². The first-order valence-electron chi connectivity index (χ1n) is 8.57. The fraction of sp³-hybridized carbons (Fsp3) is 0.524. The van der Waals surface area contributed by atoms with Crippen molar-refractivity contribution in [3.8, 4) is 0 Å². The maximum Gasteiger partial charge on any atom is -0.0199 e. The summed E-state index contributed by atoms with van der Waals surface area (Å²) in [4.78, 5) is 0. The van der Waals surface area contributed by atoms with Gasteiger partial charge in [0.15, 0.2) is 0 Å². The van der Waals surface area contributed by atoms with Crippen LogP contribution in [0.5, 0.6) is 0 Å². The van der Waals surface area contributed by atoms with Crippen molar-refractivity contribution in [1.82, 2.24) is 0 Å². The molecule has 1 fully saturated rings. The highest BCUT2D eigenvalue weighted by atomic mass is 14.1. The standard InChI is InChI=1S/C21H28/c1-19(17-18-21-15-9-4-10-16-21)11-5-2-6-12-20-13-7-3-8-14-20/h3,7-8,13-14H,2,4-6,9-12,15-16H2,1H3. The minimum atomic E-state index is 1.18. The zero-order valence-electron chi connectivity index (χ0n) is 13.5. The molecule has 0 aromatic heterocycles. The Morgan fingerprint density at radius 3 is 2.48 bits per heavy atom. The molecular formula is C21H28. The van der Waals surface area contributed by atoms with Crippen molar-refractivity contribution >= 4 is 0 Å². The number of allylic oxidation sites excluding steroid dienone is 2. The monoisotopic (exact) mass is 280 g/mol. The Hall–Kier alpha value is -1.48. The third-order valence-corrected chi connectivity index (χ3v) is 4.27. The van der Waals surface area contributed by atoms with Crippen LogP contribution in [0.2, 0.25) is 0 Å². The highest BCUT2D eigenvalue weighted by Gasteiger charge is 2.03. The van der Waals surface area contributed by atoms with E-state index in [4.69, 9.17) is 0 Å². The van der Waals surface area contributed by atoms with Gasteiger partial charge in [-0.1, -0.05) is 54.6 Å². The van der Waals surface area contributed by atoms with Crippen molar-refractivity contribution in [2.75, 3.05) is 0 Å². The SMILES string of the molecule is CC(=C=C=C1CCCCC1)CCCCCc1ccccc1. The Balaban J connectivity index is 1.67. The van der Waals surface area contributed by atoms with Crippen LogP contribution in [0.3, 0.4) is 0 Å². The summed E-state index contributed by atoms with van der Waals surface area (Å²) in [6, 6.07) is 10.8. The predicted molar refractivity (Wildman–Crippen MR) is 91.4 cm³/mol. The van der Waals surface area contributed by atoms with E-state index in [0.717, 1.165) is 0 Å². The summed E-state index contributed by atoms with van der Waals surface area (Å²) >= 11 is 0. The smallest absolute Gasteiger partial charge is 0.0199 e. The second-order valence-corrected chi connectivity index (χ2v) is 6.24. The molecule has 0 unspecified atom stereocenters. The molecule has 0 bridgehead atoms. The molecule has 0 saturated heterocycles. The van der Waals surface area contributed by atoms with E-state index in [-0.39, 0.29) is 0 Å². The lowest BCUT2D eigenvalue weighted by Crippen LogP contribution is -1.91. The van der Waals surface area contributed by atoms with Crippen molar-refractivity contribution in [3.63, 3.8) is 0 Å². The van der Waals surface area contributed by atoms with E-state index >= 15 is 0 Å². The molecule has 2 rings (SSSR count). The second kappa shape index (κ2) is 9.46. The van der Waals surface area contributed by atoms with Gasteiger partial charge in [-0.05, 0) is 75.0 Å². The molecule has 1 aliphatic rings. The van der Waals surface area contributed by atoms with Crippen LogP contribution >= 0.6 is 0 Å². The molecule has 21 heavy (non-hydrogen) atoms. The van der Waals surface area contributed by atoms with E-state index in [0.29, 0.717) is 0 Å². The second-order valence-electron chi connectivity index (χ2n) is 6.24. The Bertz CT molecular complexity index is 500. The summed E-state index contributed by atoms with van der Waals surface area (Å²) in [7, 11) is 0. The number of aryl methyl sites for hydroxylation is 1. The van der Waals surface area contributed by atoms with Crippen molar-refractivity contribution in [2.24, 2.45) is 0 Å². The van der Waals surface area contributed by atoms with E-state index in [1.807, 2.05) is 0 Å². The van der Waals surface area contributed by atoms with Crippen LogP contribution < -0.4 is 0 Å². The quantitative estimate of drug-likeness (QED) is 0.419. The summed E-state index contributed by atoms with van der Waals surface area (Å²) in [5.41, 5.74) is 11.1. The minimum Gasteiger partial charge on any atom is -0.0715 e. The van der Waals surface area contributed by atoms with Crippen molar-refractivity contribution in [2.45, 2.75) is 71.1 Å². The lowest BCUT2D eigenvalue weighted by Gasteiger charge is -2.09. The minimum absolute atomic E-state index is 1.18. The van der Waals surface area contributed by atoms with Crippen LogP contribution in [0.1, 0.15) is 70.3 Å². The Morgan fingerprint density at radius 2 is 1.71 bits per heavy atom. The average Bonchev–Trinajstić information content (AvgIpc) is 2.54. The molecule has 0 N–H and O–H groups in total. The van der Waals surface area contributed by atoms with E-state index in [1.54, 1.807) is 0 Å². The highest BCUT2D eigenvalue weighted by molar-refractivity contribution is 5.14. The molecule has 0 radical (unpaired) electrons. The predicted octanol–water partition coefficient (Wildman–Crippen LogP) is 6.38. The fourth-order valence-corrected chi connectivity index (χ4v) is 2.90. The van der Waals surface area contributed by atoms with Gasteiger partial charge in [-0.2, -0.15) is 0 Å². The van der Waals surface area contributed by atoms with Crippen LogP contribution in [0.4, 0.5) is 0 Å². The first kappa shape index (κ1) is 15.9. The topological polar surface area (TPSA) is 0 Å². The maximum atomic E-state index is 3.42. The summed E-state index contributed by atoms with van der Waals surface area (Å²) in [5.74, 6) is 0. The van der Waals surface area contributed by atoms with Crippen molar-refractivity contribution in [1.29, 1.82) is 0 Å². The molecule has 1 aromatic rings. The third kappa shape index (κ3) is 6.67. The molecular weight excluding hydrogens is 252 g/mol. The van der Waals surface area contributed by atoms with Crippen LogP contribution in [-0.2, 0) is 6.42 Å².